The predicted molar refractivity (Wildman–Crippen MR) is 60.8 cm³/mol. The number of benzene rings is 1. The van der Waals surface area contributed by atoms with Crippen LogP contribution in [0.15, 0.2) is 23.4 Å². The Morgan fingerprint density at radius 2 is 2.25 bits per heavy atom. The van der Waals surface area contributed by atoms with Crippen LogP contribution in [0.5, 0.6) is 5.75 Å². The number of oxime groups is 1. The molecule has 0 radical (unpaired) electrons. The zero-order valence-corrected chi connectivity index (χ0v) is 9.43. The highest BCUT2D eigenvalue weighted by atomic mass is 16.5. The fourth-order valence-electron chi connectivity index (χ4n) is 1.32. The molecule has 0 aromatic heterocycles. The summed E-state index contributed by atoms with van der Waals surface area (Å²) in [6, 6.07) is 5.42. The minimum absolute atomic E-state index is 0.0233. The zero-order chi connectivity index (χ0) is 12.0. The summed E-state index contributed by atoms with van der Waals surface area (Å²) in [4.78, 5) is 0. The van der Waals surface area contributed by atoms with Crippen molar-refractivity contribution >= 4 is 5.84 Å². The third-order valence-electron chi connectivity index (χ3n) is 2.12. The Balaban J connectivity index is 3.01. The van der Waals surface area contributed by atoms with Crippen LogP contribution >= 0.6 is 0 Å². The Morgan fingerprint density at radius 1 is 1.50 bits per heavy atom. The van der Waals surface area contributed by atoms with Gasteiger partial charge < -0.3 is 20.4 Å². The van der Waals surface area contributed by atoms with Crippen LogP contribution in [0.4, 0.5) is 0 Å². The van der Waals surface area contributed by atoms with Crippen molar-refractivity contribution in [1.29, 1.82) is 0 Å². The molecule has 3 N–H and O–H groups in total. The maximum absolute atomic E-state index is 8.65. The first kappa shape index (κ1) is 12.3. The topological polar surface area (TPSA) is 77.1 Å². The maximum atomic E-state index is 8.65. The third-order valence-corrected chi connectivity index (χ3v) is 2.12. The molecule has 5 nitrogen and oxygen atoms in total. The number of rotatable bonds is 5. The molecule has 16 heavy (non-hydrogen) atoms. The fourth-order valence-corrected chi connectivity index (χ4v) is 1.32. The first-order valence-corrected chi connectivity index (χ1v) is 4.95. The number of nitrogens with two attached hydrogens (primary N) is 1. The normalized spacial score (nSPS) is 11.5. The van der Waals surface area contributed by atoms with Gasteiger partial charge in [0.1, 0.15) is 5.75 Å². The van der Waals surface area contributed by atoms with Crippen LogP contribution in [0.3, 0.4) is 0 Å². The van der Waals surface area contributed by atoms with Gasteiger partial charge in [-0.1, -0.05) is 11.2 Å². The summed E-state index contributed by atoms with van der Waals surface area (Å²) in [5, 5.41) is 11.6. The number of ether oxygens (including phenoxy) is 2. The highest BCUT2D eigenvalue weighted by Crippen LogP contribution is 2.20. The second-order valence-electron chi connectivity index (χ2n) is 3.16. The van der Waals surface area contributed by atoms with Gasteiger partial charge >= 0.3 is 0 Å². The van der Waals surface area contributed by atoms with Crippen molar-refractivity contribution in [3.05, 3.63) is 29.3 Å². The van der Waals surface area contributed by atoms with E-state index in [4.69, 9.17) is 20.4 Å². The number of methoxy groups -OCH3 is 1. The number of hydrogen-bond acceptors (Lipinski definition) is 4. The Kier molecular flexibility index (Phi) is 4.60. The number of amidine groups is 1. The Labute approximate surface area is 94.5 Å². The molecule has 0 spiro atoms. The fraction of sp³-hybridized carbons (Fsp3) is 0.364. The molecule has 0 aliphatic rings. The van der Waals surface area contributed by atoms with Crippen LogP contribution in [-0.4, -0.2) is 24.8 Å². The minimum Gasteiger partial charge on any atom is -0.496 e. The Bertz CT molecular complexity index is 377. The number of nitrogens with zero attached hydrogens (tertiary/aromatic N) is 1. The molecule has 1 aromatic carbocycles. The lowest BCUT2D eigenvalue weighted by atomic mass is 10.1. The molecular formula is C11H16N2O3. The second kappa shape index (κ2) is 5.97. The van der Waals surface area contributed by atoms with Gasteiger partial charge in [0, 0.05) is 6.61 Å². The van der Waals surface area contributed by atoms with Crippen LogP contribution in [0.25, 0.3) is 0 Å². The first-order valence-electron chi connectivity index (χ1n) is 4.95. The largest absolute Gasteiger partial charge is 0.496 e. The van der Waals surface area contributed by atoms with Gasteiger partial charge in [0.2, 0.25) is 0 Å². The maximum Gasteiger partial charge on any atom is 0.173 e. The van der Waals surface area contributed by atoms with Crippen molar-refractivity contribution in [2.75, 3.05) is 13.7 Å². The summed E-state index contributed by atoms with van der Waals surface area (Å²) in [7, 11) is 1.53. The molecule has 0 fully saturated rings. The summed E-state index contributed by atoms with van der Waals surface area (Å²) < 4.78 is 10.4. The molecule has 0 saturated heterocycles. The van der Waals surface area contributed by atoms with Crippen LogP contribution in [0.2, 0.25) is 0 Å². The first-order chi connectivity index (χ1) is 7.72. The highest BCUT2D eigenvalue weighted by molar-refractivity contribution is 5.99. The van der Waals surface area contributed by atoms with Gasteiger partial charge in [0.15, 0.2) is 5.84 Å². The molecule has 0 aliphatic carbocycles. The van der Waals surface area contributed by atoms with Crippen LogP contribution < -0.4 is 10.5 Å². The van der Waals surface area contributed by atoms with E-state index in [1.165, 1.54) is 7.11 Å². The van der Waals surface area contributed by atoms with Gasteiger partial charge in [-0.15, -0.1) is 0 Å². The third kappa shape index (κ3) is 2.87. The summed E-state index contributed by atoms with van der Waals surface area (Å²) in [5.74, 6) is 0.589. The highest BCUT2D eigenvalue weighted by Gasteiger charge is 2.08. The van der Waals surface area contributed by atoms with Crippen LogP contribution in [0, 0.1) is 0 Å². The molecule has 1 aromatic rings. The summed E-state index contributed by atoms with van der Waals surface area (Å²) in [5.41, 5.74) is 7.05. The molecule has 0 saturated carbocycles. The van der Waals surface area contributed by atoms with E-state index in [2.05, 4.69) is 5.16 Å². The average molecular weight is 224 g/mol. The second-order valence-corrected chi connectivity index (χ2v) is 3.16. The van der Waals surface area contributed by atoms with Gasteiger partial charge in [-0.2, -0.15) is 0 Å². The standard InChI is InChI=1S/C11H16N2O3/c1-3-16-7-8-4-5-10(15-2)9(6-8)11(12)13-14/h4-6,14H,3,7H2,1-2H3,(H2,12,13). The van der Waals surface area contributed by atoms with E-state index >= 15 is 0 Å². The molecule has 5 heteroatoms. The molecule has 0 amide bonds. The van der Waals surface area contributed by atoms with E-state index in [-0.39, 0.29) is 5.84 Å². The summed E-state index contributed by atoms with van der Waals surface area (Å²) in [6.07, 6.45) is 0. The van der Waals surface area contributed by atoms with Crippen molar-refractivity contribution in [3.8, 4) is 5.75 Å². The minimum atomic E-state index is 0.0233. The quantitative estimate of drug-likeness (QED) is 0.342. The lowest BCUT2D eigenvalue weighted by Gasteiger charge is -2.09. The van der Waals surface area contributed by atoms with Gasteiger partial charge in [-0.05, 0) is 24.6 Å². The van der Waals surface area contributed by atoms with Crippen molar-refractivity contribution in [2.45, 2.75) is 13.5 Å². The van der Waals surface area contributed by atoms with Gasteiger partial charge in [0.25, 0.3) is 0 Å². The van der Waals surface area contributed by atoms with Crippen molar-refractivity contribution in [3.63, 3.8) is 0 Å². The smallest absolute Gasteiger partial charge is 0.173 e. The molecule has 1 rings (SSSR count). The molecular weight excluding hydrogens is 208 g/mol. The van der Waals surface area contributed by atoms with E-state index in [0.29, 0.717) is 24.5 Å². The molecule has 0 bridgehead atoms. The number of hydrogen-bond donors (Lipinski definition) is 2. The molecule has 0 heterocycles. The Hall–Kier alpha value is -1.75. The van der Waals surface area contributed by atoms with E-state index in [1.807, 2.05) is 13.0 Å². The molecule has 88 valence electrons. The molecule has 0 atom stereocenters. The van der Waals surface area contributed by atoms with E-state index in [9.17, 15) is 0 Å². The zero-order valence-electron chi connectivity index (χ0n) is 9.43. The Morgan fingerprint density at radius 3 is 2.81 bits per heavy atom. The van der Waals surface area contributed by atoms with Gasteiger partial charge in [-0.25, -0.2) is 0 Å². The SMILES string of the molecule is CCOCc1ccc(OC)c(C(N)=NO)c1. The lowest BCUT2D eigenvalue weighted by Crippen LogP contribution is -2.15. The monoisotopic (exact) mass is 224 g/mol. The van der Waals surface area contributed by atoms with Crippen molar-refractivity contribution in [2.24, 2.45) is 10.9 Å². The summed E-state index contributed by atoms with van der Waals surface area (Å²) >= 11 is 0. The van der Waals surface area contributed by atoms with E-state index < -0.39 is 0 Å². The average Bonchev–Trinajstić information content (AvgIpc) is 2.35. The van der Waals surface area contributed by atoms with Gasteiger partial charge in [0.05, 0.1) is 19.3 Å². The van der Waals surface area contributed by atoms with Crippen molar-refractivity contribution in [1.82, 2.24) is 0 Å². The lowest BCUT2D eigenvalue weighted by molar-refractivity contribution is 0.134. The van der Waals surface area contributed by atoms with Crippen LogP contribution in [-0.2, 0) is 11.3 Å². The summed E-state index contributed by atoms with van der Waals surface area (Å²) in [6.45, 7) is 3.06. The molecule has 0 aliphatic heterocycles. The predicted octanol–water partition coefficient (Wildman–Crippen LogP) is 1.33. The van der Waals surface area contributed by atoms with Crippen molar-refractivity contribution < 1.29 is 14.7 Å². The molecule has 0 unspecified atom stereocenters. The van der Waals surface area contributed by atoms with E-state index in [1.54, 1.807) is 12.1 Å². The van der Waals surface area contributed by atoms with Gasteiger partial charge in [-0.3, -0.25) is 0 Å². The van der Waals surface area contributed by atoms with E-state index in [0.717, 1.165) is 5.56 Å². The van der Waals surface area contributed by atoms with Crippen LogP contribution in [0.1, 0.15) is 18.1 Å².